The van der Waals surface area contributed by atoms with Gasteiger partial charge in [-0.05, 0) is 25.4 Å². The highest BCUT2D eigenvalue weighted by atomic mass is 35.5. The van der Waals surface area contributed by atoms with Crippen LogP contribution >= 0.6 is 11.6 Å². The Morgan fingerprint density at radius 3 is 2.69 bits per heavy atom. The summed E-state index contributed by atoms with van der Waals surface area (Å²) in [5, 5.41) is 18.2. The highest BCUT2D eigenvalue weighted by Crippen LogP contribution is 2.17. The third kappa shape index (κ3) is 2.13. The maximum atomic E-state index is 11.5. The van der Waals surface area contributed by atoms with Crippen molar-refractivity contribution >= 4 is 23.2 Å². The molecule has 0 fully saturated rings. The summed E-state index contributed by atoms with van der Waals surface area (Å²) in [6, 6.07) is 0. The quantitative estimate of drug-likeness (QED) is 0.453. The minimum atomic E-state index is -0.949. The van der Waals surface area contributed by atoms with Crippen molar-refractivity contribution in [1.29, 1.82) is 0 Å². The Balaban J connectivity index is 3.14. The Bertz CT molecular complexity index is 426. The van der Waals surface area contributed by atoms with Crippen molar-refractivity contribution in [2.24, 2.45) is 5.16 Å². The summed E-state index contributed by atoms with van der Waals surface area (Å²) in [6.45, 7) is 3.31. The molecule has 0 aliphatic carbocycles. The molecule has 1 amide bonds. The zero-order valence-electron chi connectivity index (χ0n) is 9.10. The third-order valence-corrected chi connectivity index (χ3v) is 2.33. The predicted octanol–water partition coefficient (Wildman–Crippen LogP) is 0.243. The standard InChI is InChI=1S/C8H12ClN5O2/c1-8(2,5(13-16)6(15)10-3)14-4-11-7(9)12-14/h4,16H,1-3H3,(H,10,15)/b13-5-. The van der Waals surface area contributed by atoms with E-state index in [9.17, 15) is 4.79 Å². The van der Waals surface area contributed by atoms with Crippen LogP contribution in [0.15, 0.2) is 11.5 Å². The van der Waals surface area contributed by atoms with Crippen LogP contribution in [0.3, 0.4) is 0 Å². The van der Waals surface area contributed by atoms with Gasteiger partial charge in [0, 0.05) is 7.05 Å². The molecule has 1 aromatic heterocycles. The minimum absolute atomic E-state index is 0.0577. The van der Waals surface area contributed by atoms with Crippen molar-refractivity contribution in [1.82, 2.24) is 20.1 Å². The molecule has 0 atom stereocenters. The van der Waals surface area contributed by atoms with E-state index >= 15 is 0 Å². The average Bonchev–Trinajstić information content (AvgIpc) is 2.65. The van der Waals surface area contributed by atoms with Crippen LogP contribution in [0.1, 0.15) is 13.8 Å². The molecule has 1 rings (SSSR count). The molecule has 0 saturated carbocycles. The van der Waals surface area contributed by atoms with E-state index in [0.29, 0.717) is 0 Å². The average molecular weight is 246 g/mol. The second-order valence-corrected chi connectivity index (χ2v) is 3.88. The van der Waals surface area contributed by atoms with Crippen molar-refractivity contribution in [3.05, 3.63) is 11.6 Å². The summed E-state index contributed by atoms with van der Waals surface area (Å²) in [6.07, 6.45) is 1.36. The molecular weight excluding hydrogens is 234 g/mol. The zero-order valence-corrected chi connectivity index (χ0v) is 9.86. The smallest absolute Gasteiger partial charge is 0.271 e. The van der Waals surface area contributed by atoms with E-state index in [-0.39, 0.29) is 11.0 Å². The monoisotopic (exact) mass is 245 g/mol. The minimum Gasteiger partial charge on any atom is -0.410 e. The van der Waals surface area contributed by atoms with E-state index in [0.717, 1.165) is 0 Å². The first-order chi connectivity index (χ1) is 7.43. The van der Waals surface area contributed by atoms with Gasteiger partial charge in [-0.15, -0.1) is 5.10 Å². The van der Waals surface area contributed by atoms with Gasteiger partial charge in [0.2, 0.25) is 5.28 Å². The van der Waals surface area contributed by atoms with Crippen LogP contribution in [0.25, 0.3) is 0 Å². The number of hydrogen-bond donors (Lipinski definition) is 2. The summed E-state index contributed by atoms with van der Waals surface area (Å²) in [5.41, 5.74) is -1.04. The van der Waals surface area contributed by atoms with Crippen LogP contribution < -0.4 is 5.32 Å². The highest BCUT2D eigenvalue weighted by molar-refractivity contribution is 6.41. The number of aromatic nitrogens is 3. The Morgan fingerprint density at radius 1 is 1.69 bits per heavy atom. The number of nitrogens with one attached hydrogen (secondary N) is 1. The van der Waals surface area contributed by atoms with Gasteiger partial charge in [-0.3, -0.25) is 4.79 Å². The lowest BCUT2D eigenvalue weighted by Crippen LogP contribution is -2.45. The first-order valence-corrected chi connectivity index (χ1v) is 4.83. The Morgan fingerprint density at radius 2 is 2.31 bits per heavy atom. The number of rotatable bonds is 3. The van der Waals surface area contributed by atoms with Gasteiger partial charge in [-0.2, -0.15) is 0 Å². The van der Waals surface area contributed by atoms with Crippen LogP contribution in [-0.4, -0.2) is 38.6 Å². The summed E-state index contributed by atoms with van der Waals surface area (Å²) >= 11 is 5.58. The number of hydrogen-bond acceptors (Lipinski definition) is 5. The van der Waals surface area contributed by atoms with E-state index in [2.05, 4.69) is 20.6 Å². The highest BCUT2D eigenvalue weighted by Gasteiger charge is 2.34. The van der Waals surface area contributed by atoms with Gasteiger partial charge in [0.15, 0.2) is 5.71 Å². The van der Waals surface area contributed by atoms with E-state index in [4.69, 9.17) is 16.8 Å². The summed E-state index contributed by atoms with van der Waals surface area (Å²) in [5.74, 6) is -0.501. The van der Waals surface area contributed by atoms with Crippen molar-refractivity contribution in [2.45, 2.75) is 19.4 Å². The van der Waals surface area contributed by atoms with Crippen molar-refractivity contribution < 1.29 is 10.0 Å². The Kier molecular flexibility index (Phi) is 3.48. The molecule has 16 heavy (non-hydrogen) atoms. The number of amides is 1. The van der Waals surface area contributed by atoms with Crippen molar-refractivity contribution in [2.75, 3.05) is 7.05 Å². The molecule has 0 aliphatic rings. The number of carbonyl (C=O) groups is 1. The molecule has 0 aliphatic heterocycles. The van der Waals surface area contributed by atoms with E-state index in [1.807, 2.05) is 0 Å². The van der Waals surface area contributed by atoms with E-state index in [1.54, 1.807) is 13.8 Å². The fraction of sp³-hybridized carbons (Fsp3) is 0.500. The summed E-state index contributed by atoms with van der Waals surface area (Å²) in [4.78, 5) is 15.2. The zero-order chi connectivity index (χ0) is 12.3. The number of carbonyl (C=O) groups excluding carboxylic acids is 1. The first kappa shape index (κ1) is 12.4. The van der Waals surface area contributed by atoms with Crippen LogP contribution in [0, 0.1) is 0 Å². The molecule has 0 radical (unpaired) electrons. The fourth-order valence-electron chi connectivity index (χ4n) is 1.18. The van der Waals surface area contributed by atoms with Crippen LogP contribution in [0.5, 0.6) is 0 Å². The number of nitrogens with zero attached hydrogens (tertiary/aromatic N) is 4. The van der Waals surface area contributed by atoms with E-state index in [1.165, 1.54) is 18.1 Å². The summed E-state index contributed by atoms with van der Waals surface area (Å²) < 4.78 is 1.35. The third-order valence-electron chi connectivity index (χ3n) is 2.16. The second-order valence-electron chi connectivity index (χ2n) is 3.54. The lowest BCUT2D eigenvalue weighted by molar-refractivity contribution is -0.114. The van der Waals surface area contributed by atoms with E-state index < -0.39 is 11.4 Å². The molecule has 8 heteroatoms. The maximum absolute atomic E-state index is 11.5. The SMILES string of the molecule is CNC(=O)/C(=N/O)C(C)(C)n1cnc(Cl)n1. The van der Waals surface area contributed by atoms with Gasteiger partial charge in [0.05, 0.1) is 0 Å². The molecule has 88 valence electrons. The lowest BCUT2D eigenvalue weighted by Gasteiger charge is -2.24. The fourth-order valence-corrected chi connectivity index (χ4v) is 1.31. The van der Waals surface area contributed by atoms with Gasteiger partial charge < -0.3 is 10.5 Å². The predicted molar refractivity (Wildman–Crippen MR) is 57.6 cm³/mol. The van der Waals surface area contributed by atoms with Gasteiger partial charge in [0.25, 0.3) is 5.91 Å². The van der Waals surface area contributed by atoms with Gasteiger partial charge in [-0.1, -0.05) is 5.16 Å². The Hall–Kier alpha value is -1.63. The van der Waals surface area contributed by atoms with Crippen LogP contribution in [0.4, 0.5) is 0 Å². The molecule has 0 spiro atoms. The molecule has 0 saturated heterocycles. The molecule has 2 N–H and O–H groups in total. The van der Waals surface area contributed by atoms with Gasteiger partial charge in [-0.25, -0.2) is 9.67 Å². The molecule has 1 aromatic rings. The second kappa shape index (κ2) is 4.48. The molecule has 0 bridgehead atoms. The largest absolute Gasteiger partial charge is 0.410 e. The molecule has 0 unspecified atom stereocenters. The number of oxime groups is 1. The summed E-state index contributed by atoms with van der Waals surface area (Å²) in [7, 11) is 1.44. The van der Waals surface area contributed by atoms with Crippen LogP contribution in [-0.2, 0) is 10.3 Å². The van der Waals surface area contributed by atoms with Crippen molar-refractivity contribution in [3.63, 3.8) is 0 Å². The first-order valence-electron chi connectivity index (χ1n) is 4.45. The maximum Gasteiger partial charge on any atom is 0.271 e. The molecule has 0 aromatic carbocycles. The topological polar surface area (TPSA) is 92.4 Å². The van der Waals surface area contributed by atoms with Crippen molar-refractivity contribution in [3.8, 4) is 0 Å². The number of halogens is 1. The van der Waals surface area contributed by atoms with Gasteiger partial charge in [0.1, 0.15) is 11.9 Å². The van der Waals surface area contributed by atoms with Crippen LogP contribution in [0.2, 0.25) is 5.28 Å². The molecule has 7 nitrogen and oxygen atoms in total. The molecule has 1 heterocycles. The molecular formula is C8H12ClN5O2. The normalized spacial score (nSPS) is 12.6. The van der Waals surface area contributed by atoms with Gasteiger partial charge >= 0.3 is 0 Å². The lowest BCUT2D eigenvalue weighted by atomic mass is 9.98. The Labute approximate surface area is 97.1 Å².